The van der Waals surface area contributed by atoms with Gasteiger partial charge in [0.05, 0.1) is 6.04 Å². The van der Waals surface area contributed by atoms with E-state index < -0.39 is 0 Å². The summed E-state index contributed by atoms with van der Waals surface area (Å²) in [6.45, 7) is 8.55. The van der Waals surface area contributed by atoms with Gasteiger partial charge in [0.2, 0.25) is 0 Å². The van der Waals surface area contributed by atoms with Crippen LogP contribution in [0, 0.1) is 0 Å². The highest BCUT2D eigenvalue weighted by atomic mass is 16.2. The van der Waals surface area contributed by atoms with Gasteiger partial charge in [0.1, 0.15) is 0 Å². The van der Waals surface area contributed by atoms with Gasteiger partial charge in [0, 0.05) is 11.1 Å². The Morgan fingerprint density at radius 3 is 2.33 bits per heavy atom. The molecule has 0 N–H and O–H groups in total. The summed E-state index contributed by atoms with van der Waals surface area (Å²) in [6, 6.07) is 0.327. The fourth-order valence-electron chi connectivity index (χ4n) is 3.00. The minimum Gasteiger partial charge on any atom is -0.328 e. The Balaban J connectivity index is 2.33. The molecule has 0 saturated heterocycles. The van der Waals surface area contributed by atoms with Crippen molar-refractivity contribution in [3.05, 3.63) is 11.1 Å². The lowest BCUT2D eigenvalue weighted by Gasteiger charge is -2.36. The third kappa shape index (κ3) is 1.60. The summed E-state index contributed by atoms with van der Waals surface area (Å²) < 4.78 is 0. The molecule has 1 aliphatic heterocycles. The highest BCUT2D eigenvalue weighted by Gasteiger charge is 2.41. The van der Waals surface area contributed by atoms with Crippen molar-refractivity contribution in [2.45, 2.75) is 65.0 Å². The smallest absolute Gasteiger partial charge is 0.250 e. The van der Waals surface area contributed by atoms with E-state index in [2.05, 4.69) is 32.6 Å². The van der Waals surface area contributed by atoms with E-state index in [9.17, 15) is 4.79 Å². The van der Waals surface area contributed by atoms with Gasteiger partial charge in [-0.3, -0.25) is 4.79 Å². The summed E-state index contributed by atoms with van der Waals surface area (Å²) >= 11 is 0. The Labute approximate surface area is 92.3 Å². The molecule has 2 aliphatic rings. The molecule has 1 aliphatic carbocycles. The highest BCUT2D eigenvalue weighted by molar-refractivity contribution is 5.98. The average molecular weight is 207 g/mol. The minimum absolute atomic E-state index is 0.0478. The maximum absolute atomic E-state index is 12.3. The molecule has 0 fully saturated rings. The normalized spacial score (nSPS) is 27.3. The Hall–Kier alpha value is -0.790. The molecule has 15 heavy (non-hydrogen) atoms. The number of hydrogen-bond donors (Lipinski definition) is 0. The fourth-order valence-corrected chi connectivity index (χ4v) is 3.00. The first-order valence-corrected chi connectivity index (χ1v) is 5.98. The Bertz CT molecular complexity index is 322. The second-order valence-corrected chi connectivity index (χ2v) is 5.73. The summed E-state index contributed by atoms with van der Waals surface area (Å²) in [7, 11) is 0. The van der Waals surface area contributed by atoms with Gasteiger partial charge in [-0.1, -0.05) is 0 Å². The number of nitrogens with zero attached hydrogens (tertiary/aromatic N) is 1. The summed E-state index contributed by atoms with van der Waals surface area (Å²) in [5.74, 6) is 0.296. The third-order valence-corrected chi connectivity index (χ3v) is 3.60. The zero-order chi connectivity index (χ0) is 11.2. The lowest BCUT2D eigenvalue weighted by atomic mass is 9.91. The first-order valence-electron chi connectivity index (χ1n) is 5.98. The van der Waals surface area contributed by atoms with E-state index in [1.54, 1.807) is 0 Å². The molecular weight excluding hydrogens is 186 g/mol. The number of hydrogen-bond acceptors (Lipinski definition) is 1. The van der Waals surface area contributed by atoms with Crippen molar-refractivity contribution < 1.29 is 4.79 Å². The Kier molecular flexibility index (Phi) is 2.40. The summed E-state index contributed by atoms with van der Waals surface area (Å²) in [5, 5.41) is 0. The summed E-state index contributed by atoms with van der Waals surface area (Å²) in [4.78, 5) is 14.3. The number of rotatable bonds is 0. The van der Waals surface area contributed by atoms with Crippen LogP contribution in [-0.4, -0.2) is 22.4 Å². The van der Waals surface area contributed by atoms with Gasteiger partial charge >= 0.3 is 0 Å². The molecule has 0 saturated carbocycles. The second-order valence-electron chi connectivity index (χ2n) is 5.73. The van der Waals surface area contributed by atoms with Gasteiger partial charge in [-0.15, -0.1) is 0 Å². The zero-order valence-corrected chi connectivity index (χ0v) is 10.3. The van der Waals surface area contributed by atoms with E-state index in [4.69, 9.17) is 0 Å². The van der Waals surface area contributed by atoms with Crippen molar-refractivity contribution in [1.29, 1.82) is 0 Å². The first-order chi connectivity index (χ1) is 6.93. The first kappa shape index (κ1) is 10.7. The van der Waals surface area contributed by atoms with E-state index >= 15 is 0 Å². The van der Waals surface area contributed by atoms with Gasteiger partial charge in [0.15, 0.2) is 0 Å². The predicted molar refractivity (Wildman–Crippen MR) is 61.6 cm³/mol. The van der Waals surface area contributed by atoms with Crippen molar-refractivity contribution >= 4 is 5.91 Å². The number of carbonyl (C=O) groups is 1. The van der Waals surface area contributed by atoms with Gasteiger partial charge in [-0.25, -0.2) is 0 Å². The van der Waals surface area contributed by atoms with E-state index in [1.807, 2.05) is 0 Å². The van der Waals surface area contributed by atoms with E-state index in [1.165, 1.54) is 18.4 Å². The Morgan fingerprint density at radius 1 is 1.20 bits per heavy atom. The molecule has 0 spiro atoms. The third-order valence-electron chi connectivity index (χ3n) is 3.60. The molecule has 0 aromatic heterocycles. The van der Waals surface area contributed by atoms with Crippen molar-refractivity contribution in [3.8, 4) is 0 Å². The van der Waals surface area contributed by atoms with E-state index in [-0.39, 0.29) is 5.54 Å². The lowest BCUT2D eigenvalue weighted by Crippen LogP contribution is -2.47. The van der Waals surface area contributed by atoms with Crippen LogP contribution in [0.25, 0.3) is 0 Å². The SMILES string of the molecule is CC1C2=C(CCCC2)C(=O)N1C(C)(C)C. The molecule has 2 heteroatoms. The van der Waals surface area contributed by atoms with Gasteiger partial charge in [0.25, 0.3) is 5.91 Å². The van der Waals surface area contributed by atoms with Crippen LogP contribution >= 0.6 is 0 Å². The van der Waals surface area contributed by atoms with Crippen LogP contribution in [0.4, 0.5) is 0 Å². The largest absolute Gasteiger partial charge is 0.328 e. The minimum atomic E-state index is -0.0478. The molecule has 84 valence electrons. The van der Waals surface area contributed by atoms with E-state index in [0.29, 0.717) is 11.9 Å². The number of carbonyl (C=O) groups excluding carboxylic acids is 1. The molecule has 0 aromatic rings. The van der Waals surface area contributed by atoms with Crippen LogP contribution in [0.2, 0.25) is 0 Å². The van der Waals surface area contributed by atoms with Crippen molar-refractivity contribution in [3.63, 3.8) is 0 Å². The second kappa shape index (κ2) is 3.36. The van der Waals surface area contributed by atoms with Gasteiger partial charge < -0.3 is 4.90 Å². The maximum Gasteiger partial charge on any atom is 0.250 e. The van der Waals surface area contributed by atoms with Crippen LogP contribution in [0.1, 0.15) is 53.4 Å². The zero-order valence-electron chi connectivity index (χ0n) is 10.3. The maximum atomic E-state index is 12.3. The van der Waals surface area contributed by atoms with Crippen LogP contribution < -0.4 is 0 Å². The molecule has 2 rings (SSSR count). The quantitative estimate of drug-likeness (QED) is 0.598. The molecule has 2 nitrogen and oxygen atoms in total. The molecule has 1 unspecified atom stereocenters. The van der Waals surface area contributed by atoms with Crippen molar-refractivity contribution in [1.82, 2.24) is 4.90 Å². The predicted octanol–water partition coefficient (Wildman–Crippen LogP) is 2.89. The molecule has 0 radical (unpaired) electrons. The summed E-state index contributed by atoms with van der Waals surface area (Å²) in [6.07, 6.45) is 4.59. The standard InChI is InChI=1S/C13H21NO/c1-9-10-7-5-6-8-11(10)12(15)14(9)13(2,3)4/h9H,5-8H2,1-4H3. The molecule has 1 atom stereocenters. The van der Waals surface area contributed by atoms with Crippen molar-refractivity contribution in [2.75, 3.05) is 0 Å². The van der Waals surface area contributed by atoms with Crippen molar-refractivity contribution in [2.24, 2.45) is 0 Å². The Morgan fingerprint density at radius 2 is 1.80 bits per heavy atom. The average Bonchev–Trinajstić information content (AvgIpc) is 2.39. The van der Waals surface area contributed by atoms with Crippen LogP contribution in [0.5, 0.6) is 0 Å². The topological polar surface area (TPSA) is 20.3 Å². The number of amides is 1. The van der Waals surface area contributed by atoms with E-state index in [0.717, 1.165) is 18.4 Å². The monoisotopic (exact) mass is 207 g/mol. The lowest BCUT2D eigenvalue weighted by molar-refractivity contribution is -0.131. The molecule has 1 heterocycles. The fraction of sp³-hybridized carbons (Fsp3) is 0.769. The molecule has 0 bridgehead atoms. The van der Waals surface area contributed by atoms with Gasteiger partial charge in [-0.2, -0.15) is 0 Å². The molecule has 1 amide bonds. The van der Waals surface area contributed by atoms with Crippen LogP contribution in [-0.2, 0) is 4.79 Å². The molecular formula is C13H21NO. The highest BCUT2D eigenvalue weighted by Crippen LogP contribution is 2.39. The molecule has 0 aromatic carbocycles. The van der Waals surface area contributed by atoms with Crippen LogP contribution in [0.3, 0.4) is 0 Å². The summed E-state index contributed by atoms with van der Waals surface area (Å²) in [5.41, 5.74) is 2.50. The van der Waals surface area contributed by atoms with Crippen LogP contribution in [0.15, 0.2) is 11.1 Å². The van der Waals surface area contributed by atoms with Gasteiger partial charge in [-0.05, 0) is 59.0 Å².